The van der Waals surface area contributed by atoms with Crippen molar-refractivity contribution in [3.05, 3.63) is 0 Å². The number of piperidine rings is 1. The molecule has 22 heavy (non-hydrogen) atoms. The Bertz CT molecular complexity index is 340. The largest absolute Gasteiger partial charge is 0.383 e. The van der Waals surface area contributed by atoms with Crippen molar-refractivity contribution in [3.8, 4) is 0 Å². The number of likely N-dealkylation sites (tertiary alicyclic amines) is 1. The molecular weight excluding hydrogens is 276 g/mol. The summed E-state index contributed by atoms with van der Waals surface area (Å²) in [4.78, 5) is 7.11. The van der Waals surface area contributed by atoms with Gasteiger partial charge in [0.25, 0.3) is 0 Å². The smallest absolute Gasteiger partial charge is 0.191 e. The van der Waals surface area contributed by atoms with E-state index in [1.807, 2.05) is 0 Å². The molecule has 1 aliphatic heterocycles. The van der Waals surface area contributed by atoms with Crippen molar-refractivity contribution in [2.75, 3.05) is 39.9 Å². The van der Waals surface area contributed by atoms with Gasteiger partial charge in [0.2, 0.25) is 0 Å². The van der Waals surface area contributed by atoms with Crippen molar-refractivity contribution in [2.45, 2.75) is 58.0 Å². The van der Waals surface area contributed by atoms with Gasteiger partial charge < -0.3 is 20.3 Å². The molecule has 2 N–H and O–H groups in total. The minimum atomic E-state index is 0.556. The Labute approximate surface area is 135 Å². The summed E-state index contributed by atoms with van der Waals surface area (Å²) in [5.41, 5.74) is 0. The molecule has 0 aromatic rings. The summed E-state index contributed by atoms with van der Waals surface area (Å²) in [6.45, 7) is 9.41. The maximum atomic E-state index is 5.16. The van der Waals surface area contributed by atoms with Crippen LogP contribution in [-0.4, -0.2) is 62.8 Å². The third-order valence-electron chi connectivity index (χ3n) is 4.76. The van der Waals surface area contributed by atoms with Gasteiger partial charge in [-0.3, -0.25) is 4.99 Å². The fraction of sp³-hybridized carbons (Fsp3) is 0.941. The summed E-state index contributed by atoms with van der Waals surface area (Å²) in [6, 6.07) is 1.21. The SMILES string of the molecule is CCCC1CC1NC(=NCC)NC1CCN(CCOC)CC1. The quantitative estimate of drug-likeness (QED) is 0.530. The molecule has 2 aliphatic rings. The summed E-state index contributed by atoms with van der Waals surface area (Å²) >= 11 is 0. The average molecular weight is 310 g/mol. The Hall–Kier alpha value is -0.810. The summed E-state index contributed by atoms with van der Waals surface area (Å²) in [5, 5.41) is 7.27. The fourth-order valence-electron chi connectivity index (χ4n) is 3.30. The summed E-state index contributed by atoms with van der Waals surface area (Å²) in [5.74, 6) is 1.89. The first kappa shape index (κ1) is 17.5. The molecule has 1 aliphatic carbocycles. The zero-order valence-corrected chi connectivity index (χ0v) is 14.6. The van der Waals surface area contributed by atoms with E-state index in [4.69, 9.17) is 4.74 Å². The van der Waals surface area contributed by atoms with E-state index in [0.717, 1.165) is 44.7 Å². The number of hydrogen-bond donors (Lipinski definition) is 2. The zero-order chi connectivity index (χ0) is 15.8. The Morgan fingerprint density at radius 1 is 1.23 bits per heavy atom. The van der Waals surface area contributed by atoms with Crippen LogP contribution in [0.2, 0.25) is 0 Å². The average Bonchev–Trinajstić information content (AvgIpc) is 3.25. The lowest BCUT2D eigenvalue weighted by Gasteiger charge is -2.33. The fourth-order valence-corrected chi connectivity index (χ4v) is 3.30. The van der Waals surface area contributed by atoms with Gasteiger partial charge >= 0.3 is 0 Å². The molecule has 0 bridgehead atoms. The minimum absolute atomic E-state index is 0.556. The molecule has 5 nitrogen and oxygen atoms in total. The Balaban J connectivity index is 1.70. The van der Waals surface area contributed by atoms with Gasteiger partial charge in [-0.1, -0.05) is 13.3 Å². The highest BCUT2D eigenvalue weighted by molar-refractivity contribution is 5.80. The molecule has 0 aromatic heterocycles. The lowest BCUT2D eigenvalue weighted by Crippen LogP contribution is -2.49. The monoisotopic (exact) mass is 310 g/mol. The maximum Gasteiger partial charge on any atom is 0.191 e. The number of guanidine groups is 1. The van der Waals surface area contributed by atoms with Gasteiger partial charge in [0.15, 0.2) is 5.96 Å². The maximum absolute atomic E-state index is 5.16. The van der Waals surface area contributed by atoms with Crippen LogP contribution < -0.4 is 10.6 Å². The lowest BCUT2D eigenvalue weighted by molar-refractivity contribution is 0.128. The molecule has 0 radical (unpaired) electrons. The predicted octanol–water partition coefficient (Wildman–Crippen LogP) is 1.84. The van der Waals surface area contributed by atoms with Gasteiger partial charge in [-0.15, -0.1) is 0 Å². The van der Waals surface area contributed by atoms with Gasteiger partial charge in [-0.2, -0.15) is 0 Å². The molecule has 0 spiro atoms. The number of aliphatic imine (C=N–C) groups is 1. The highest BCUT2D eigenvalue weighted by Gasteiger charge is 2.36. The van der Waals surface area contributed by atoms with Crippen LogP contribution >= 0.6 is 0 Å². The van der Waals surface area contributed by atoms with Crippen molar-refractivity contribution < 1.29 is 4.74 Å². The molecule has 2 fully saturated rings. The van der Waals surface area contributed by atoms with E-state index >= 15 is 0 Å². The summed E-state index contributed by atoms with van der Waals surface area (Å²) in [7, 11) is 1.77. The van der Waals surface area contributed by atoms with Crippen molar-refractivity contribution in [3.63, 3.8) is 0 Å². The Morgan fingerprint density at radius 3 is 2.64 bits per heavy atom. The highest BCUT2D eigenvalue weighted by Crippen LogP contribution is 2.34. The van der Waals surface area contributed by atoms with E-state index in [9.17, 15) is 0 Å². The first-order chi connectivity index (χ1) is 10.8. The first-order valence-electron chi connectivity index (χ1n) is 9.05. The van der Waals surface area contributed by atoms with E-state index in [1.165, 1.54) is 32.1 Å². The van der Waals surface area contributed by atoms with E-state index in [1.54, 1.807) is 7.11 Å². The summed E-state index contributed by atoms with van der Waals surface area (Å²) in [6.07, 6.45) is 6.33. The van der Waals surface area contributed by atoms with Crippen LogP contribution in [0.1, 0.15) is 46.0 Å². The summed E-state index contributed by atoms with van der Waals surface area (Å²) < 4.78 is 5.16. The van der Waals surface area contributed by atoms with Gasteiger partial charge in [0, 0.05) is 45.4 Å². The van der Waals surface area contributed by atoms with Crippen LogP contribution in [0.25, 0.3) is 0 Å². The van der Waals surface area contributed by atoms with Crippen molar-refractivity contribution in [1.29, 1.82) is 0 Å². The van der Waals surface area contributed by atoms with E-state index in [-0.39, 0.29) is 0 Å². The number of rotatable bonds is 8. The molecule has 1 saturated carbocycles. The van der Waals surface area contributed by atoms with E-state index in [2.05, 4.69) is 34.4 Å². The second-order valence-corrected chi connectivity index (χ2v) is 6.61. The standard InChI is InChI=1S/C17H34N4O/c1-4-6-14-13-16(14)20-17(18-5-2)19-15-7-9-21(10-8-15)11-12-22-3/h14-16H,4-13H2,1-3H3,(H2,18,19,20). The van der Waals surface area contributed by atoms with Crippen LogP contribution in [0, 0.1) is 5.92 Å². The third kappa shape index (κ3) is 5.76. The van der Waals surface area contributed by atoms with Gasteiger partial charge in [0.1, 0.15) is 0 Å². The number of nitrogens with zero attached hydrogens (tertiary/aromatic N) is 2. The van der Waals surface area contributed by atoms with E-state index in [0.29, 0.717) is 12.1 Å². The zero-order valence-electron chi connectivity index (χ0n) is 14.6. The molecule has 0 amide bonds. The second kappa shape index (κ2) is 9.36. The molecule has 0 aromatic carbocycles. The van der Waals surface area contributed by atoms with Crippen molar-refractivity contribution in [1.82, 2.24) is 15.5 Å². The highest BCUT2D eigenvalue weighted by atomic mass is 16.5. The molecule has 1 saturated heterocycles. The molecule has 2 atom stereocenters. The van der Waals surface area contributed by atoms with Crippen LogP contribution in [-0.2, 0) is 4.74 Å². The number of methoxy groups -OCH3 is 1. The van der Waals surface area contributed by atoms with Crippen molar-refractivity contribution >= 4 is 5.96 Å². The topological polar surface area (TPSA) is 48.9 Å². The first-order valence-corrected chi connectivity index (χ1v) is 9.05. The predicted molar refractivity (Wildman–Crippen MR) is 92.4 cm³/mol. The number of ether oxygens (including phenoxy) is 1. The molecule has 1 heterocycles. The van der Waals surface area contributed by atoms with Gasteiger partial charge in [-0.05, 0) is 38.5 Å². The van der Waals surface area contributed by atoms with E-state index < -0.39 is 0 Å². The number of hydrogen-bond acceptors (Lipinski definition) is 3. The van der Waals surface area contributed by atoms with Crippen molar-refractivity contribution in [2.24, 2.45) is 10.9 Å². The molecule has 128 valence electrons. The lowest BCUT2D eigenvalue weighted by atomic mass is 10.1. The minimum Gasteiger partial charge on any atom is -0.383 e. The molecule has 5 heteroatoms. The van der Waals surface area contributed by atoms with Crippen LogP contribution in [0.5, 0.6) is 0 Å². The second-order valence-electron chi connectivity index (χ2n) is 6.61. The molecule has 2 unspecified atom stereocenters. The molecular formula is C17H34N4O. The normalized spacial score (nSPS) is 27.0. The molecule has 2 rings (SSSR count). The Kier molecular flexibility index (Phi) is 7.46. The van der Waals surface area contributed by atoms with Crippen LogP contribution in [0.15, 0.2) is 4.99 Å². The van der Waals surface area contributed by atoms with Crippen LogP contribution in [0.3, 0.4) is 0 Å². The number of nitrogens with one attached hydrogen (secondary N) is 2. The third-order valence-corrected chi connectivity index (χ3v) is 4.76. The van der Waals surface area contributed by atoms with Gasteiger partial charge in [-0.25, -0.2) is 0 Å². The van der Waals surface area contributed by atoms with Crippen LogP contribution in [0.4, 0.5) is 0 Å². The van der Waals surface area contributed by atoms with Gasteiger partial charge in [0.05, 0.1) is 6.61 Å². The Morgan fingerprint density at radius 2 is 2.00 bits per heavy atom.